The zero-order valence-electron chi connectivity index (χ0n) is 16.8. The minimum absolute atomic E-state index is 0.150. The summed E-state index contributed by atoms with van der Waals surface area (Å²) in [6.45, 7) is 4.56. The second-order valence-corrected chi connectivity index (χ2v) is 7.84. The molecule has 0 spiro atoms. The van der Waals surface area contributed by atoms with Gasteiger partial charge in [0.25, 0.3) is 17.7 Å². The van der Waals surface area contributed by atoms with Crippen LogP contribution in [0.3, 0.4) is 0 Å². The number of carbonyl (C=O) groups excluding carboxylic acids is 3. The molecule has 1 heterocycles. The predicted octanol–water partition coefficient (Wildman–Crippen LogP) is 3.78. The number of benzene rings is 2. The van der Waals surface area contributed by atoms with Crippen molar-refractivity contribution in [2.45, 2.75) is 13.8 Å². The van der Waals surface area contributed by atoms with Gasteiger partial charge in [-0.15, -0.1) is 11.3 Å². The van der Waals surface area contributed by atoms with Crippen LogP contribution in [0.5, 0.6) is 0 Å². The lowest BCUT2D eigenvalue weighted by Crippen LogP contribution is -2.34. The maximum absolute atomic E-state index is 12.4. The molecule has 7 heteroatoms. The van der Waals surface area contributed by atoms with Gasteiger partial charge < -0.3 is 16.0 Å². The molecule has 0 atom stereocenters. The number of aryl methyl sites for hydroxylation is 2. The van der Waals surface area contributed by atoms with Crippen LogP contribution < -0.4 is 16.0 Å². The molecule has 0 bridgehead atoms. The Morgan fingerprint density at radius 3 is 2.00 bits per heavy atom. The van der Waals surface area contributed by atoms with Gasteiger partial charge in [-0.25, -0.2) is 0 Å². The number of hydrogen-bond donors (Lipinski definition) is 3. The Balaban J connectivity index is 1.48. The van der Waals surface area contributed by atoms with Gasteiger partial charge in [-0.2, -0.15) is 0 Å². The van der Waals surface area contributed by atoms with Gasteiger partial charge in [-0.05, 0) is 61.7 Å². The van der Waals surface area contributed by atoms with Gasteiger partial charge in [-0.1, -0.05) is 23.3 Å². The molecule has 3 rings (SSSR count). The molecule has 0 unspecified atom stereocenters. The van der Waals surface area contributed by atoms with Crippen LogP contribution in [-0.2, 0) is 0 Å². The lowest BCUT2D eigenvalue weighted by atomic mass is 10.1. The van der Waals surface area contributed by atoms with Gasteiger partial charge in [0.15, 0.2) is 0 Å². The van der Waals surface area contributed by atoms with E-state index < -0.39 is 0 Å². The predicted molar refractivity (Wildman–Crippen MR) is 119 cm³/mol. The van der Waals surface area contributed by atoms with Crippen molar-refractivity contribution in [3.8, 4) is 0 Å². The van der Waals surface area contributed by atoms with Crippen LogP contribution in [0.15, 0.2) is 60.0 Å². The average molecular weight is 422 g/mol. The summed E-state index contributed by atoms with van der Waals surface area (Å²) in [5.74, 6) is -0.587. The minimum atomic E-state index is -0.243. The van der Waals surface area contributed by atoms with E-state index in [9.17, 15) is 14.4 Å². The number of nitrogens with one attached hydrogen (secondary N) is 3. The molecule has 154 valence electrons. The van der Waals surface area contributed by atoms with Crippen LogP contribution in [0.2, 0.25) is 0 Å². The average Bonchev–Trinajstić information content (AvgIpc) is 3.25. The first-order valence-electron chi connectivity index (χ1n) is 9.52. The highest BCUT2D eigenvalue weighted by molar-refractivity contribution is 7.12. The monoisotopic (exact) mass is 421 g/mol. The molecule has 0 saturated heterocycles. The molecule has 3 aromatic rings. The molecule has 3 amide bonds. The fraction of sp³-hybridized carbons (Fsp3) is 0.174. The smallest absolute Gasteiger partial charge is 0.261 e. The second-order valence-electron chi connectivity index (χ2n) is 6.90. The Morgan fingerprint density at radius 2 is 1.40 bits per heavy atom. The van der Waals surface area contributed by atoms with Crippen LogP contribution in [-0.4, -0.2) is 30.8 Å². The molecular weight excluding hydrogens is 398 g/mol. The first kappa shape index (κ1) is 21.3. The molecule has 0 aliphatic rings. The van der Waals surface area contributed by atoms with Crippen molar-refractivity contribution in [1.82, 2.24) is 10.6 Å². The number of amides is 3. The van der Waals surface area contributed by atoms with E-state index in [-0.39, 0.29) is 17.7 Å². The summed E-state index contributed by atoms with van der Waals surface area (Å²) < 4.78 is 0. The third kappa shape index (κ3) is 5.78. The molecule has 6 nitrogen and oxygen atoms in total. The molecule has 0 aliphatic heterocycles. The van der Waals surface area contributed by atoms with E-state index in [1.807, 2.05) is 43.5 Å². The SMILES string of the molecule is Cc1cc(C)cc(C(=O)Nc2ccc(C(=O)NCCNC(=O)c3cccs3)cc2)c1. The molecule has 2 aromatic carbocycles. The van der Waals surface area contributed by atoms with E-state index in [2.05, 4.69) is 16.0 Å². The van der Waals surface area contributed by atoms with Gasteiger partial charge in [0.1, 0.15) is 0 Å². The largest absolute Gasteiger partial charge is 0.350 e. The lowest BCUT2D eigenvalue weighted by Gasteiger charge is -2.09. The van der Waals surface area contributed by atoms with Crippen molar-refractivity contribution in [3.05, 3.63) is 87.1 Å². The minimum Gasteiger partial charge on any atom is -0.350 e. The van der Waals surface area contributed by atoms with Crippen LogP contribution in [0.4, 0.5) is 5.69 Å². The summed E-state index contributed by atoms with van der Waals surface area (Å²) in [5, 5.41) is 10.2. The Hall–Kier alpha value is -3.45. The van der Waals surface area contributed by atoms with E-state index in [0.717, 1.165) is 11.1 Å². The van der Waals surface area contributed by atoms with Crippen molar-refractivity contribution < 1.29 is 14.4 Å². The molecule has 3 N–H and O–H groups in total. The van der Waals surface area contributed by atoms with Crippen LogP contribution in [0.25, 0.3) is 0 Å². The number of hydrogen-bond acceptors (Lipinski definition) is 4. The molecule has 0 saturated carbocycles. The standard InChI is InChI=1S/C23H23N3O3S/c1-15-12-16(2)14-18(13-15)22(28)26-19-7-5-17(6-8-19)21(27)24-9-10-25-23(29)20-4-3-11-30-20/h3-8,11-14H,9-10H2,1-2H3,(H,24,27)(H,25,29)(H,26,28). The molecule has 1 aromatic heterocycles. The summed E-state index contributed by atoms with van der Waals surface area (Å²) in [4.78, 5) is 37.1. The fourth-order valence-corrected chi connectivity index (χ4v) is 3.60. The summed E-state index contributed by atoms with van der Waals surface area (Å²) in [5.41, 5.74) is 3.74. The van der Waals surface area contributed by atoms with Crippen molar-refractivity contribution in [1.29, 1.82) is 0 Å². The van der Waals surface area contributed by atoms with Gasteiger partial charge in [0.05, 0.1) is 4.88 Å². The van der Waals surface area contributed by atoms with Crippen LogP contribution >= 0.6 is 11.3 Å². The summed E-state index contributed by atoms with van der Waals surface area (Å²) in [7, 11) is 0. The Kier molecular flexibility index (Phi) is 6.98. The molecular formula is C23H23N3O3S. The maximum atomic E-state index is 12.4. The third-order valence-corrected chi connectivity index (χ3v) is 5.20. The highest BCUT2D eigenvalue weighted by atomic mass is 32.1. The fourth-order valence-electron chi connectivity index (χ4n) is 2.96. The van der Waals surface area contributed by atoms with Gasteiger partial charge in [0.2, 0.25) is 0 Å². The van der Waals surface area contributed by atoms with E-state index in [4.69, 9.17) is 0 Å². The van der Waals surface area contributed by atoms with Crippen molar-refractivity contribution in [2.75, 3.05) is 18.4 Å². The normalized spacial score (nSPS) is 10.3. The quantitative estimate of drug-likeness (QED) is 0.508. The van der Waals surface area contributed by atoms with E-state index in [0.29, 0.717) is 34.8 Å². The van der Waals surface area contributed by atoms with Gasteiger partial charge in [-0.3, -0.25) is 14.4 Å². The summed E-state index contributed by atoms with van der Waals surface area (Å²) in [6, 6.07) is 15.9. The first-order chi connectivity index (χ1) is 14.4. The van der Waals surface area contributed by atoms with Crippen molar-refractivity contribution in [2.24, 2.45) is 0 Å². The molecule has 0 aliphatic carbocycles. The Morgan fingerprint density at radius 1 is 0.767 bits per heavy atom. The first-order valence-corrected chi connectivity index (χ1v) is 10.4. The highest BCUT2D eigenvalue weighted by Gasteiger charge is 2.10. The third-order valence-electron chi connectivity index (χ3n) is 4.33. The topological polar surface area (TPSA) is 87.3 Å². The molecule has 0 radical (unpaired) electrons. The van der Waals surface area contributed by atoms with E-state index in [1.54, 1.807) is 30.3 Å². The highest BCUT2D eigenvalue weighted by Crippen LogP contribution is 2.14. The Bertz CT molecular complexity index is 1020. The van der Waals surface area contributed by atoms with Gasteiger partial charge in [0, 0.05) is 29.9 Å². The van der Waals surface area contributed by atoms with E-state index >= 15 is 0 Å². The number of thiophene rings is 1. The second kappa shape index (κ2) is 9.84. The van der Waals surface area contributed by atoms with Crippen molar-refractivity contribution in [3.63, 3.8) is 0 Å². The number of carbonyl (C=O) groups is 3. The maximum Gasteiger partial charge on any atom is 0.261 e. The van der Waals surface area contributed by atoms with E-state index in [1.165, 1.54) is 11.3 Å². The molecule has 0 fully saturated rings. The van der Waals surface area contributed by atoms with Crippen LogP contribution in [0.1, 0.15) is 41.5 Å². The van der Waals surface area contributed by atoms with Crippen LogP contribution in [0, 0.1) is 13.8 Å². The number of rotatable bonds is 7. The lowest BCUT2D eigenvalue weighted by molar-refractivity contribution is 0.0929. The van der Waals surface area contributed by atoms with Gasteiger partial charge >= 0.3 is 0 Å². The zero-order chi connectivity index (χ0) is 21.5. The summed E-state index contributed by atoms with van der Waals surface area (Å²) >= 11 is 1.37. The molecule has 30 heavy (non-hydrogen) atoms. The summed E-state index contributed by atoms with van der Waals surface area (Å²) in [6.07, 6.45) is 0. The zero-order valence-corrected chi connectivity index (χ0v) is 17.6. The Labute approximate surface area is 179 Å². The number of anilines is 1. The van der Waals surface area contributed by atoms with Crippen molar-refractivity contribution >= 4 is 34.7 Å².